The van der Waals surface area contributed by atoms with Crippen LogP contribution < -0.4 is 5.73 Å². The van der Waals surface area contributed by atoms with Crippen molar-refractivity contribution in [1.29, 1.82) is 0 Å². The Morgan fingerprint density at radius 1 is 1.28 bits per heavy atom. The summed E-state index contributed by atoms with van der Waals surface area (Å²) >= 11 is 0. The van der Waals surface area contributed by atoms with Gasteiger partial charge in [0.05, 0.1) is 0 Å². The van der Waals surface area contributed by atoms with Crippen LogP contribution in [0.4, 0.5) is 0 Å². The number of benzene rings is 1. The van der Waals surface area contributed by atoms with Gasteiger partial charge in [0.25, 0.3) is 0 Å². The molecule has 2 unspecified atom stereocenters. The Balaban J connectivity index is 3.01. The van der Waals surface area contributed by atoms with E-state index in [1.54, 1.807) is 6.07 Å². The molecular formula is C18H25NO6. The van der Waals surface area contributed by atoms with Gasteiger partial charge in [0.1, 0.15) is 6.10 Å². The Bertz CT molecular complexity index is 630. The third-order valence-electron chi connectivity index (χ3n) is 3.96. The third kappa shape index (κ3) is 5.86. The van der Waals surface area contributed by atoms with E-state index in [2.05, 4.69) is 0 Å². The average molecular weight is 351 g/mol. The van der Waals surface area contributed by atoms with Crippen LogP contribution in [0, 0.1) is 6.92 Å². The summed E-state index contributed by atoms with van der Waals surface area (Å²) in [6, 6.07) is 7.40. The minimum atomic E-state index is -2.38. The maximum absolute atomic E-state index is 12.4. The number of ether oxygens (including phenoxy) is 1. The summed E-state index contributed by atoms with van der Waals surface area (Å²) in [5, 5.41) is 18.0. The minimum Gasteiger partial charge on any atom is -0.481 e. The molecule has 0 aliphatic carbocycles. The summed E-state index contributed by atoms with van der Waals surface area (Å²) in [4.78, 5) is 34.6. The van der Waals surface area contributed by atoms with Gasteiger partial charge in [-0.15, -0.1) is 0 Å². The number of carbonyl (C=O) groups excluding carboxylic acids is 1. The van der Waals surface area contributed by atoms with Crippen LogP contribution in [0.3, 0.4) is 0 Å². The predicted molar refractivity (Wildman–Crippen MR) is 91.0 cm³/mol. The van der Waals surface area contributed by atoms with Crippen molar-refractivity contribution in [2.75, 3.05) is 0 Å². The van der Waals surface area contributed by atoms with Gasteiger partial charge in [-0.25, -0.2) is 9.59 Å². The van der Waals surface area contributed by atoms with Crippen LogP contribution in [0.1, 0.15) is 56.3 Å². The normalized spacial score (nSPS) is 14.4. The molecule has 0 aliphatic rings. The number of esters is 1. The molecule has 7 heteroatoms. The highest BCUT2D eigenvalue weighted by molar-refractivity contribution is 6.04. The molecule has 1 aromatic rings. The first-order valence-electron chi connectivity index (χ1n) is 8.22. The molecule has 0 amide bonds. The number of unbranched alkanes of at least 4 members (excludes halogenated alkanes) is 1. The zero-order chi connectivity index (χ0) is 19.0. The quantitative estimate of drug-likeness (QED) is 0.436. The van der Waals surface area contributed by atoms with Crippen molar-refractivity contribution in [3.8, 4) is 0 Å². The summed E-state index contributed by atoms with van der Waals surface area (Å²) < 4.78 is 5.41. The van der Waals surface area contributed by atoms with Crippen LogP contribution in [-0.2, 0) is 19.1 Å². The lowest BCUT2D eigenvalue weighted by Gasteiger charge is -2.26. The van der Waals surface area contributed by atoms with Gasteiger partial charge in [-0.1, -0.05) is 43.2 Å². The van der Waals surface area contributed by atoms with E-state index in [-0.39, 0.29) is 0 Å². The number of nitrogens with two attached hydrogens (primary N) is 1. The molecule has 0 spiro atoms. The fourth-order valence-electron chi connectivity index (χ4n) is 2.39. The molecule has 0 fully saturated rings. The highest BCUT2D eigenvalue weighted by Crippen LogP contribution is 2.27. The second-order valence-electron chi connectivity index (χ2n) is 6.12. The maximum Gasteiger partial charge on any atom is 0.338 e. The Hall–Kier alpha value is -2.41. The van der Waals surface area contributed by atoms with Gasteiger partial charge in [-0.05, 0) is 31.7 Å². The second kappa shape index (κ2) is 9.17. The number of rotatable bonds is 10. The first kappa shape index (κ1) is 20.6. The molecule has 1 aromatic carbocycles. The number of aliphatic carboxylic acids is 2. The van der Waals surface area contributed by atoms with E-state index < -0.39 is 42.4 Å². The van der Waals surface area contributed by atoms with Gasteiger partial charge in [0, 0.05) is 6.42 Å². The minimum absolute atomic E-state index is 0.528. The van der Waals surface area contributed by atoms with Crippen molar-refractivity contribution in [1.82, 2.24) is 0 Å². The van der Waals surface area contributed by atoms with Crippen molar-refractivity contribution in [3.63, 3.8) is 0 Å². The van der Waals surface area contributed by atoms with Gasteiger partial charge in [0.15, 0.2) is 0 Å². The van der Waals surface area contributed by atoms with Crippen molar-refractivity contribution >= 4 is 17.9 Å². The standard InChI is InChI=1S/C18H25NO6/c1-3-4-8-14(13-7-5-6-12(2)11-13)25-17(24)18(19,16(22)23)10-9-15(20)21/h5-7,11,14H,3-4,8-10,19H2,1-2H3,(H,20,21)(H,22,23). The van der Waals surface area contributed by atoms with Gasteiger partial charge >= 0.3 is 17.9 Å². The SMILES string of the molecule is CCCCC(OC(=O)C(N)(CCC(=O)O)C(=O)O)c1cccc(C)c1. The fraction of sp³-hybridized carbons (Fsp3) is 0.500. The summed E-state index contributed by atoms with van der Waals surface area (Å²) in [7, 11) is 0. The van der Waals surface area contributed by atoms with E-state index in [1.807, 2.05) is 32.0 Å². The van der Waals surface area contributed by atoms with E-state index in [4.69, 9.17) is 15.6 Å². The Kier molecular flexibility index (Phi) is 7.57. The lowest BCUT2D eigenvalue weighted by atomic mass is 9.94. The van der Waals surface area contributed by atoms with Crippen LogP contribution >= 0.6 is 0 Å². The number of carboxylic acids is 2. The summed E-state index contributed by atoms with van der Waals surface area (Å²) in [6.07, 6.45) is 0.490. The highest BCUT2D eigenvalue weighted by Gasteiger charge is 2.45. The van der Waals surface area contributed by atoms with E-state index in [9.17, 15) is 19.5 Å². The van der Waals surface area contributed by atoms with Gasteiger partial charge in [0.2, 0.25) is 5.54 Å². The van der Waals surface area contributed by atoms with Crippen molar-refractivity contribution in [2.45, 2.75) is 57.6 Å². The third-order valence-corrected chi connectivity index (χ3v) is 3.96. The van der Waals surface area contributed by atoms with Crippen LogP contribution in [0.25, 0.3) is 0 Å². The Morgan fingerprint density at radius 3 is 2.48 bits per heavy atom. The lowest BCUT2D eigenvalue weighted by molar-refractivity contribution is -0.166. The number of hydrogen-bond donors (Lipinski definition) is 3. The molecule has 0 aromatic heterocycles. The fourth-order valence-corrected chi connectivity index (χ4v) is 2.39. The van der Waals surface area contributed by atoms with Crippen molar-refractivity contribution in [3.05, 3.63) is 35.4 Å². The van der Waals surface area contributed by atoms with Crippen LogP contribution in [0.2, 0.25) is 0 Å². The summed E-state index contributed by atoms with van der Waals surface area (Å²) in [5.74, 6) is -3.95. The average Bonchev–Trinajstić information content (AvgIpc) is 2.55. The number of aryl methyl sites for hydroxylation is 1. The maximum atomic E-state index is 12.4. The molecule has 138 valence electrons. The van der Waals surface area contributed by atoms with Crippen molar-refractivity contribution in [2.24, 2.45) is 5.73 Å². The molecule has 0 radical (unpaired) electrons. The molecule has 0 saturated carbocycles. The largest absolute Gasteiger partial charge is 0.481 e. The molecule has 1 rings (SSSR count). The second-order valence-corrected chi connectivity index (χ2v) is 6.12. The van der Waals surface area contributed by atoms with E-state index in [0.717, 1.165) is 24.0 Å². The van der Waals surface area contributed by atoms with Crippen LogP contribution in [0.15, 0.2) is 24.3 Å². The van der Waals surface area contributed by atoms with Crippen LogP contribution in [0.5, 0.6) is 0 Å². The molecule has 0 aliphatic heterocycles. The molecule has 25 heavy (non-hydrogen) atoms. The molecule has 0 saturated heterocycles. The van der Waals surface area contributed by atoms with E-state index in [0.29, 0.717) is 6.42 Å². The molecule has 0 bridgehead atoms. The zero-order valence-corrected chi connectivity index (χ0v) is 14.5. The molecule has 7 nitrogen and oxygen atoms in total. The number of hydrogen-bond acceptors (Lipinski definition) is 5. The van der Waals surface area contributed by atoms with Crippen molar-refractivity contribution < 1.29 is 29.3 Å². The van der Waals surface area contributed by atoms with Crippen LogP contribution in [-0.4, -0.2) is 33.7 Å². The zero-order valence-electron chi connectivity index (χ0n) is 14.5. The van der Waals surface area contributed by atoms with Gasteiger partial charge in [-0.3, -0.25) is 4.79 Å². The Labute approximate surface area is 146 Å². The lowest BCUT2D eigenvalue weighted by Crippen LogP contribution is -2.56. The van der Waals surface area contributed by atoms with Gasteiger partial charge < -0.3 is 20.7 Å². The Morgan fingerprint density at radius 2 is 1.96 bits per heavy atom. The van der Waals surface area contributed by atoms with E-state index in [1.165, 1.54) is 0 Å². The summed E-state index contributed by atoms with van der Waals surface area (Å²) in [6.45, 7) is 3.89. The van der Waals surface area contributed by atoms with E-state index >= 15 is 0 Å². The number of carbonyl (C=O) groups is 3. The highest BCUT2D eigenvalue weighted by atomic mass is 16.5. The molecule has 2 atom stereocenters. The first-order valence-corrected chi connectivity index (χ1v) is 8.22. The topological polar surface area (TPSA) is 127 Å². The summed E-state index contributed by atoms with van der Waals surface area (Å²) in [5.41, 5.74) is 5.04. The van der Waals surface area contributed by atoms with Gasteiger partial charge in [-0.2, -0.15) is 0 Å². The molecule has 0 heterocycles. The first-order chi connectivity index (χ1) is 11.7. The predicted octanol–water partition coefficient (Wildman–Crippen LogP) is 2.42. The molecule has 4 N–H and O–H groups in total. The number of carboxylic acid groups (broad SMARTS) is 2. The smallest absolute Gasteiger partial charge is 0.338 e. The monoisotopic (exact) mass is 351 g/mol. The molecular weight excluding hydrogens is 326 g/mol.